The molecule has 2 aromatic carbocycles. The molecule has 0 heterocycles. The largest absolute Gasteiger partial charge is 0.387 e. The second-order valence-corrected chi connectivity index (χ2v) is 6.36. The van der Waals surface area contributed by atoms with E-state index in [1.807, 2.05) is 24.3 Å². The maximum atomic E-state index is 12.2. The molecule has 2 unspecified atom stereocenters. The first-order valence-electron chi connectivity index (χ1n) is 6.21. The average molecular weight is 310 g/mol. The molecular formula is C15H16ClNO2S. The molecule has 0 aliphatic heterocycles. The minimum atomic E-state index is -1.26. The van der Waals surface area contributed by atoms with Crippen LogP contribution in [0.3, 0.4) is 0 Å². The highest BCUT2D eigenvalue weighted by Gasteiger charge is 2.13. The maximum Gasteiger partial charge on any atom is 0.0908 e. The van der Waals surface area contributed by atoms with Crippen LogP contribution in [0.25, 0.3) is 0 Å². The first-order valence-corrected chi connectivity index (χ1v) is 7.91. The summed E-state index contributed by atoms with van der Waals surface area (Å²) in [4.78, 5) is 0.659. The molecule has 2 atom stereocenters. The highest BCUT2D eigenvalue weighted by atomic mass is 35.5. The van der Waals surface area contributed by atoms with Gasteiger partial charge in [-0.15, -0.1) is 0 Å². The Morgan fingerprint density at radius 3 is 2.25 bits per heavy atom. The van der Waals surface area contributed by atoms with Gasteiger partial charge in [0.1, 0.15) is 0 Å². The molecule has 2 aromatic rings. The smallest absolute Gasteiger partial charge is 0.0908 e. The molecule has 0 aliphatic rings. The second-order valence-electron chi connectivity index (χ2n) is 4.43. The van der Waals surface area contributed by atoms with Crippen molar-refractivity contribution in [1.29, 1.82) is 0 Å². The molecule has 0 saturated heterocycles. The molecule has 106 valence electrons. The van der Waals surface area contributed by atoms with Crippen molar-refractivity contribution in [1.82, 2.24) is 0 Å². The van der Waals surface area contributed by atoms with E-state index in [0.29, 0.717) is 16.5 Å². The Labute approximate surface area is 125 Å². The summed E-state index contributed by atoms with van der Waals surface area (Å²) in [5, 5.41) is 10.7. The minimum Gasteiger partial charge on any atom is -0.387 e. The summed E-state index contributed by atoms with van der Waals surface area (Å²) in [6.45, 7) is 0.465. The fourth-order valence-corrected chi connectivity index (χ4v) is 3.04. The molecule has 0 aromatic heterocycles. The predicted molar refractivity (Wildman–Crippen MR) is 82.0 cm³/mol. The molecule has 0 fully saturated rings. The first-order chi connectivity index (χ1) is 9.60. The summed E-state index contributed by atoms with van der Waals surface area (Å²) >= 11 is 5.79. The molecule has 3 nitrogen and oxygen atoms in total. The van der Waals surface area contributed by atoms with E-state index in [2.05, 4.69) is 0 Å². The molecule has 20 heavy (non-hydrogen) atoms. The number of rotatable bonds is 5. The summed E-state index contributed by atoms with van der Waals surface area (Å²) in [5.74, 6) is 0.156. The van der Waals surface area contributed by atoms with Gasteiger partial charge in [-0.1, -0.05) is 35.9 Å². The maximum absolute atomic E-state index is 12.2. The van der Waals surface area contributed by atoms with Crippen LogP contribution < -0.4 is 5.73 Å². The van der Waals surface area contributed by atoms with Crippen molar-refractivity contribution < 1.29 is 9.32 Å². The number of aliphatic hydroxyl groups excluding tert-OH is 1. The quantitative estimate of drug-likeness (QED) is 0.892. The summed E-state index contributed by atoms with van der Waals surface area (Å²) in [7, 11) is -1.26. The Bertz CT molecular complexity index is 584. The van der Waals surface area contributed by atoms with Crippen molar-refractivity contribution in [2.24, 2.45) is 5.73 Å². The summed E-state index contributed by atoms with van der Waals surface area (Å²) in [6.07, 6.45) is -0.765. The van der Waals surface area contributed by atoms with Gasteiger partial charge in [-0.2, -0.15) is 0 Å². The van der Waals surface area contributed by atoms with Gasteiger partial charge in [0.15, 0.2) is 0 Å². The van der Waals surface area contributed by atoms with Crippen LogP contribution in [0.4, 0.5) is 0 Å². The van der Waals surface area contributed by atoms with Gasteiger partial charge in [-0.05, 0) is 35.4 Å². The SMILES string of the molecule is NCc1ccc(C(O)CS(=O)c2ccc(Cl)cc2)cc1. The number of benzene rings is 2. The lowest BCUT2D eigenvalue weighted by Gasteiger charge is -2.11. The van der Waals surface area contributed by atoms with Crippen LogP contribution >= 0.6 is 11.6 Å². The van der Waals surface area contributed by atoms with Crippen molar-refractivity contribution in [3.8, 4) is 0 Å². The van der Waals surface area contributed by atoms with E-state index in [-0.39, 0.29) is 5.75 Å². The Hall–Kier alpha value is -1.20. The third-order valence-corrected chi connectivity index (χ3v) is 4.65. The Kier molecular flexibility index (Phi) is 5.31. The van der Waals surface area contributed by atoms with Gasteiger partial charge in [-0.25, -0.2) is 0 Å². The number of nitrogens with two attached hydrogens (primary N) is 1. The summed E-state index contributed by atoms with van der Waals surface area (Å²) in [5.41, 5.74) is 7.26. The Morgan fingerprint density at radius 2 is 1.70 bits per heavy atom. The zero-order valence-electron chi connectivity index (χ0n) is 10.8. The van der Waals surface area contributed by atoms with E-state index in [1.165, 1.54) is 0 Å². The van der Waals surface area contributed by atoms with E-state index >= 15 is 0 Å². The lowest BCUT2D eigenvalue weighted by molar-refractivity contribution is 0.203. The summed E-state index contributed by atoms with van der Waals surface area (Å²) < 4.78 is 12.2. The van der Waals surface area contributed by atoms with Gasteiger partial charge in [0.25, 0.3) is 0 Å². The van der Waals surface area contributed by atoms with E-state index < -0.39 is 16.9 Å². The van der Waals surface area contributed by atoms with Gasteiger partial charge in [-0.3, -0.25) is 4.21 Å². The van der Waals surface area contributed by atoms with Gasteiger partial charge < -0.3 is 10.8 Å². The van der Waals surface area contributed by atoms with Crippen LogP contribution in [0.2, 0.25) is 5.02 Å². The standard InChI is InChI=1S/C15H16ClNO2S/c16-13-5-7-14(8-6-13)20(19)10-15(18)12-3-1-11(9-17)2-4-12/h1-8,15,18H,9-10,17H2. The van der Waals surface area contributed by atoms with Crippen LogP contribution in [-0.4, -0.2) is 15.1 Å². The third kappa shape index (κ3) is 3.90. The van der Waals surface area contributed by atoms with Crippen LogP contribution in [0.5, 0.6) is 0 Å². The van der Waals surface area contributed by atoms with Crippen LogP contribution in [0, 0.1) is 0 Å². The van der Waals surface area contributed by atoms with E-state index in [9.17, 15) is 9.32 Å². The Balaban J connectivity index is 2.04. The molecule has 0 aliphatic carbocycles. The molecule has 2 rings (SSSR count). The fourth-order valence-electron chi connectivity index (χ4n) is 1.80. The van der Waals surface area contributed by atoms with Crippen molar-refractivity contribution >= 4 is 22.4 Å². The predicted octanol–water partition coefficient (Wildman–Crippen LogP) is 2.64. The van der Waals surface area contributed by atoms with Crippen molar-refractivity contribution in [2.75, 3.05) is 5.75 Å². The molecular weight excluding hydrogens is 294 g/mol. The molecule has 0 radical (unpaired) electrons. The molecule has 0 bridgehead atoms. The van der Waals surface area contributed by atoms with Crippen molar-refractivity contribution in [2.45, 2.75) is 17.5 Å². The Morgan fingerprint density at radius 1 is 1.10 bits per heavy atom. The van der Waals surface area contributed by atoms with E-state index in [0.717, 1.165) is 11.1 Å². The lowest BCUT2D eigenvalue weighted by Crippen LogP contribution is -2.09. The molecule has 3 N–H and O–H groups in total. The van der Waals surface area contributed by atoms with Crippen LogP contribution in [0.15, 0.2) is 53.4 Å². The van der Waals surface area contributed by atoms with Crippen molar-refractivity contribution in [3.63, 3.8) is 0 Å². The minimum absolute atomic E-state index is 0.156. The average Bonchev–Trinajstić information content (AvgIpc) is 2.48. The van der Waals surface area contributed by atoms with Gasteiger partial charge in [0, 0.05) is 16.5 Å². The second kappa shape index (κ2) is 6.99. The van der Waals surface area contributed by atoms with Gasteiger partial charge in [0.05, 0.1) is 22.7 Å². The topological polar surface area (TPSA) is 63.3 Å². The highest BCUT2D eigenvalue weighted by molar-refractivity contribution is 7.85. The number of hydrogen-bond acceptors (Lipinski definition) is 3. The summed E-state index contributed by atoms with van der Waals surface area (Å²) in [6, 6.07) is 14.2. The van der Waals surface area contributed by atoms with Gasteiger partial charge >= 0.3 is 0 Å². The molecule has 5 heteroatoms. The molecule has 0 saturated carbocycles. The third-order valence-electron chi connectivity index (χ3n) is 2.99. The van der Waals surface area contributed by atoms with Crippen LogP contribution in [-0.2, 0) is 17.3 Å². The number of halogens is 1. The van der Waals surface area contributed by atoms with Gasteiger partial charge in [0.2, 0.25) is 0 Å². The lowest BCUT2D eigenvalue weighted by atomic mass is 10.1. The van der Waals surface area contributed by atoms with E-state index in [1.54, 1.807) is 24.3 Å². The monoisotopic (exact) mass is 309 g/mol. The normalized spacial score (nSPS) is 13.9. The van der Waals surface area contributed by atoms with Crippen molar-refractivity contribution in [3.05, 3.63) is 64.7 Å². The molecule has 0 spiro atoms. The fraction of sp³-hybridized carbons (Fsp3) is 0.200. The van der Waals surface area contributed by atoms with E-state index in [4.69, 9.17) is 17.3 Å². The zero-order valence-corrected chi connectivity index (χ0v) is 12.4. The first kappa shape index (κ1) is 15.2. The van der Waals surface area contributed by atoms with Crippen LogP contribution in [0.1, 0.15) is 17.2 Å². The number of aliphatic hydroxyl groups is 1. The molecule has 0 amide bonds. The number of hydrogen-bond donors (Lipinski definition) is 2. The zero-order chi connectivity index (χ0) is 14.5. The highest BCUT2D eigenvalue weighted by Crippen LogP contribution is 2.19.